The van der Waals surface area contributed by atoms with Crippen LogP contribution in [0.4, 0.5) is 0 Å². The van der Waals surface area contributed by atoms with Crippen LogP contribution in [0, 0.1) is 5.92 Å². The molecule has 1 aliphatic rings. The number of hydrogen-bond donors (Lipinski definition) is 0. The van der Waals surface area contributed by atoms with E-state index in [4.69, 9.17) is 20.2 Å². The van der Waals surface area contributed by atoms with Gasteiger partial charge in [0, 0.05) is 17.3 Å². The molecule has 6 heteroatoms. The van der Waals surface area contributed by atoms with E-state index >= 15 is 0 Å². The Balaban J connectivity index is 2.23. The Morgan fingerprint density at radius 3 is 2.82 bits per heavy atom. The molecule has 17 heavy (non-hydrogen) atoms. The first kappa shape index (κ1) is 15.2. The Morgan fingerprint density at radius 2 is 2.29 bits per heavy atom. The first-order chi connectivity index (χ1) is 8.01. The summed E-state index contributed by atoms with van der Waals surface area (Å²) in [6.45, 7) is 3.83. The Kier molecular flexibility index (Phi) is 6.77. The molecule has 1 fully saturated rings. The van der Waals surface area contributed by atoms with Gasteiger partial charge in [-0.25, -0.2) is 8.42 Å². The summed E-state index contributed by atoms with van der Waals surface area (Å²) in [4.78, 5) is 0. The Morgan fingerprint density at radius 1 is 1.53 bits per heavy atom. The molecule has 102 valence electrons. The monoisotopic (exact) mass is 284 g/mol. The van der Waals surface area contributed by atoms with E-state index in [1.165, 1.54) is 0 Å². The summed E-state index contributed by atoms with van der Waals surface area (Å²) in [5.41, 5.74) is 0. The van der Waals surface area contributed by atoms with Crippen molar-refractivity contribution in [2.45, 2.75) is 38.7 Å². The average molecular weight is 285 g/mol. The van der Waals surface area contributed by atoms with Crippen LogP contribution in [0.15, 0.2) is 0 Å². The third-order valence-corrected chi connectivity index (χ3v) is 4.06. The molecule has 0 spiro atoms. The molecule has 0 aliphatic carbocycles. The lowest BCUT2D eigenvalue weighted by Crippen LogP contribution is -2.22. The maximum Gasteiger partial charge on any atom is 0.232 e. The van der Waals surface area contributed by atoms with Gasteiger partial charge >= 0.3 is 0 Å². The molecule has 1 heterocycles. The van der Waals surface area contributed by atoms with E-state index in [1.54, 1.807) is 0 Å². The zero-order valence-electron chi connectivity index (χ0n) is 10.2. The fraction of sp³-hybridized carbons (Fsp3) is 1.00. The van der Waals surface area contributed by atoms with Crippen molar-refractivity contribution in [1.82, 2.24) is 0 Å². The van der Waals surface area contributed by atoms with Crippen LogP contribution in [-0.2, 0) is 18.5 Å². The summed E-state index contributed by atoms with van der Waals surface area (Å²) >= 11 is 0. The summed E-state index contributed by atoms with van der Waals surface area (Å²) in [7, 11) is 1.83. The Labute approximate surface area is 108 Å². The molecule has 2 unspecified atom stereocenters. The van der Waals surface area contributed by atoms with Gasteiger partial charge < -0.3 is 9.47 Å². The molecular weight excluding hydrogens is 264 g/mol. The molecule has 0 radical (unpaired) electrons. The minimum absolute atomic E-state index is 0.00603. The SMILES string of the molecule is CCCC(COCC1CCCO1)CS(=O)(=O)Cl. The summed E-state index contributed by atoms with van der Waals surface area (Å²) in [5, 5.41) is 0. The van der Waals surface area contributed by atoms with Gasteiger partial charge in [0.25, 0.3) is 0 Å². The lowest BCUT2D eigenvalue weighted by atomic mass is 10.1. The second kappa shape index (κ2) is 7.56. The first-order valence-electron chi connectivity index (χ1n) is 6.13. The van der Waals surface area contributed by atoms with Gasteiger partial charge in [0.1, 0.15) is 0 Å². The van der Waals surface area contributed by atoms with Crippen LogP contribution in [0.25, 0.3) is 0 Å². The summed E-state index contributed by atoms with van der Waals surface area (Å²) in [5.74, 6) is -0.0163. The van der Waals surface area contributed by atoms with Gasteiger partial charge in [0.05, 0.1) is 25.1 Å². The van der Waals surface area contributed by atoms with E-state index in [0.29, 0.717) is 13.2 Å². The van der Waals surface area contributed by atoms with E-state index in [-0.39, 0.29) is 17.8 Å². The number of rotatable bonds is 8. The summed E-state index contributed by atoms with van der Waals surface area (Å²) in [6.07, 6.45) is 4.05. The van der Waals surface area contributed by atoms with E-state index < -0.39 is 9.05 Å². The van der Waals surface area contributed by atoms with Crippen molar-refractivity contribution in [1.29, 1.82) is 0 Å². The molecular formula is C11H21ClO4S. The standard InChI is InChI=1S/C11H21ClO4S/c1-2-4-10(9-17(12,13)14)7-15-8-11-5-3-6-16-11/h10-11H,2-9H2,1H3. The molecule has 0 aromatic heterocycles. The predicted octanol–water partition coefficient (Wildman–Crippen LogP) is 2.17. The third kappa shape index (κ3) is 7.24. The highest BCUT2D eigenvalue weighted by molar-refractivity contribution is 8.13. The van der Waals surface area contributed by atoms with Crippen molar-refractivity contribution in [3.8, 4) is 0 Å². The van der Waals surface area contributed by atoms with Crippen LogP contribution in [0.2, 0.25) is 0 Å². The second-order valence-electron chi connectivity index (χ2n) is 4.53. The maximum absolute atomic E-state index is 11.0. The van der Waals surface area contributed by atoms with Gasteiger partial charge in [0.15, 0.2) is 0 Å². The quantitative estimate of drug-likeness (QED) is 0.641. The van der Waals surface area contributed by atoms with Gasteiger partial charge in [-0.15, -0.1) is 0 Å². The van der Waals surface area contributed by atoms with E-state index in [9.17, 15) is 8.42 Å². The van der Waals surface area contributed by atoms with E-state index in [0.717, 1.165) is 32.3 Å². The minimum Gasteiger partial charge on any atom is -0.378 e. The molecule has 0 aromatic carbocycles. The van der Waals surface area contributed by atoms with E-state index in [1.807, 2.05) is 6.92 Å². The maximum atomic E-state index is 11.0. The zero-order valence-corrected chi connectivity index (χ0v) is 11.8. The van der Waals surface area contributed by atoms with Crippen LogP contribution < -0.4 is 0 Å². The Hall–Kier alpha value is 0.160. The van der Waals surface area contributed by atoms with Gasteiger partial charge in [-0.1, -0.05) is 13.3 Å². The number of halogens is 1. The lowest BCUT2D eigenvalue weighted by molar-refractivity contribution is 0.00662. The van der Waals surface area contributed by atoms with Crippen LogP contribution >= 0.6 is 10.7 Å². The molecule has 4 nitrogen and oxygen atoms in total. The van der Waals surface area contributed by atoms with Gasteiger partial charge in [0.2, 0.25) is 9.05 Å². The molecule has 1 rings (SSSR count). The topological polar surface area (TPSA) is 52.6 Å². The van der Waals surface area contributed by atoms with Crippen LogP contribution in [0.3, 0.4) is 0 Å². The normalized spacial score (nSPS) is 22.8. The number of ether oxygens (including phenoxy) is 2. The molecule has 0 bridgehead atoms. The van der Waals surface area contributed by atoms with Gasteiger partial charge in [-0.2, -0.15) is 0 Å². The van der Waals surface area contributed by atoms with Crippen molar-refractivity contribution in [2.24, 2.45) is 5.92 Å². The fourth-order valence-corrected chi connectivity index (χ4v) is 3.41. The highest BCUT2D eigenvalue weighted by atomic mass is 35.7. The summed E-state index contributed by atoms with van der Waals surface area (Å²) < 4.78 is 33.0. The lowest BCUT2D eigenvalue weighted by Gasteiger charge is -2.16. The van der Waals surface area contributed by atoms with Gasteiger partial charge in [-0.3, -0.25) is 0 Å². The van der Waals surface area contributed by atoms with Crippen molar-refractivity contribution in [3.05, 3.63) is 0 Å². The molecule has 0 amide bonds. The van der Waals surface area contributed by atoms with Crippen molar-refractivity contribution >= 4 is 19.7 Å². The molecule has 0 saturated carbocycles. The second-order valence-corrected chi connectivity index (χ2v) is 7.35. The molecule has 1 saturated heterocycles. The molecule has 2 atom stereocenters. The molecule has 0 N–H and O–H groups in total. The first-order valence-corrected chi connectivity index (χ1v) is 8.60. The Bertz CT molecular complexity index is 299. The van der Waals surface area contributed by atoms with Crippen LogP contribution in [0.5, 0.6) is 0 Å². The number of hydrogen-bond acceptors (Lipinski definition) is 4. The zero-order chi connectivity index (χ0) is 12.7. The average Bonchev–Trinajstić information content (AvgIpc) is 2.68. The molecule has 1 aliphatic heterocycles. The van der Waals surface area contributed by atoms with Crippen LogP contribution in [-0.4, -0.2) is 40.1 Å². The van der Waals surface area contributed by atoms with Crippen LogP contribution in [0.1, 0.15) is 32.6 Å². The van der Waals surface area contributed by atoms with E-state index in [2.05, 4.69) is 0 Å². The largest absolute Gasteiger partial charge is 0.378 e. The van der Waals surface area contributed by atoms with Crippen molar-refractivity contribution in [3.63, 3.8) is 0 Å². The highest BCUT2D eigenvalue weighted by Crippen LogP contribution is 2.15. The smallest absolute Gasteiger partial charge is 0.232 e. The van der Waals surface area contributed by atoms with Crippen molar-refractivity contribution < 1.29 is 17.9 Å². The summed E-state index contributed by atoms with van der Waals surface area (Å²) in [6, 6.07) is 0. The predicted molar refractivity (Wildman–Crippen MR) is 67.8 cm³/mol. The molecule has 0 aromatic rings. The van der Waals surface area contributed by atoms with Crippen molar-refractivity contribution in [2.75, 3.05) is 25.6 Å². The third-order valence-electron chi connectivity index (χ3n) is 2.81. The van der Waals surface area contributed by atoms with Gasteiger partial charge in [-0.05, 0) is 25.2 Å². The minimum atomic E-state index is -3.43. The fourth-order valence-electron chi connectivity index (χ4n) is 2.05. The highest BCUT2D eigenvalue weighted by Gasteiger charge is 2.19.